The van der Waals surface area contributed by atoms with Gasteiger partial charge in [-0.15, -0.1) is 0 Å². The first-order valence-corrected chi connectivity index (χ1v) is 5.32. The Hall–Kier alpha value is -2.45. The van der Waals surface area contributed by atoms with Crippen molar-refractivity contribution < 1.29 is 29.1 Å². The van der Waals surface area contributed by atoms with Crippen LogP contribution >= 0.6 is 0 Å². The summed E-state index contributed by atoms with van der Waals surface area (Å²) in [6.07, 6.45) is -0.313. The molecule has 4 N–H and O–H groups in total. The van der Waals surface area contributed by atoms with E-state index in [2.05, 4.69) is 10.6 Å². The molecule has 9 heteroatoms. The minimum Gasteiger partial charge on any atom is -0.480 e. The van der Waals surface area contributed by atoms with Crippen LogP contribution in [0.3, 0.4) is 0 Å². The number of carboxylic acids is 1. The Morgan fingerprint density at radius 1 is 0.789 bits per heavy atom. The lowest BCUT2D eigenvalue weighted by Crippen LogP contribution is -2.43. The summed E-state index contributed by atoms with van der Waals surface area (Å²) in [5.74, 6) is -3.40. The predicted octanol–water partition coefficient (Wildman–Crippen LogP) is -2.60. The number of carbonyl (C=O) groups excluding carboxylic acids is 4. The summed E-state index contributed by atoms with van der Waals surface area (Å²) in [6.45, 7) is -0.0521. The molecular formula is C10H15N3O6. The Morgan fingerprint density at radius 3 is 1.63 bits per heavy atom. The molecule has 0 aromatic carbocycles. The van der Waals surface area contributed by atoms with Crippen LogP contribution in [0.2, 0.25) is 0 Å². The van der Waals surface area contributed by atoms with Gasteiger partial charge in [0.25, 0.3) is 0 Å². The highest BCUT2D eigenvalue weighted by atomic mass is 16.4. The van der Waals surface area contributed by atoms with Crippen molar-refractivity contribution in [1.29, 1.82) is 0 Å². The van der Waals surface area contributed by atoms with Crippen LogP contribution in [0.5, 0.6) is 0 Å². The number of hydrogen-bond donors (Lipinski definition) is 4. The monoisotopic (exact) mass is 273 g/mol. The van der Waals surface area contributed by atoms with E-state index in [4.69, 9.17) is 5.11 Å². The Kier molecular flexibility index (Phi) is 7.50. The van der Waals surface area contributed by atoms with Gasteiger partial charge in [-0.25, -0.2) is 0 Å². The van der Waals surface area contributed by atoms with E-state index in [9.17, 15) is 24.0 Å². The highest BCUT2D eigenvalue weighted by Crippen LogP contribution is 1.80. The van der Waals surface area contributed by atoms with Crippen molar-refractivity contribution in [3.63, 3.8) is 0 Å². The summed E-state index contributed by atoms with van der Waals surface area (Å²) in [5, 5.41) is 14.7. The molecule has 0 aliphatic rings. The van der Waals surface area contributed by atoms with Gasteiger partial charge in [-0.05, 0) is 6.92 Å². The van der Waals surface area contributed by atoms with Gasteiger partial charge in [0.2, 0.25) is 17.7 Å². The van der Waals surface area contributed by atoms with Crippen LogP contribution in [0.25, 0.3) is 0 Å². The molecule has 106 valence electrons. The fourth-order valence-corrected chi connectivity index (χ4v) is 0.946. The van der Waals surface area contributed by atoms with Crippen LogP contribution in [0.1, 0.15) is 13.3 Å². The smallest absolute Gasteiger partial charge is 0.322 e. The van der Waals surface area contributed by atoms with Gasteiger partial charge in [-0.2, -0.15) is 0 Å². The second-order valence-electron chi connectivity index (χ2n) is 3.60. The lowest BCUT2D eigenvalue weighted by molar-refractivity contribution is -0.138. The molecule has 0 heterocycles. The van der Waals surface area contributed by atoms with Crippen LogP contribution in [0, 0.1) is 0 Å². The molecule has 9 nitrogen and oxygen atoms in total. The molecule has 0 rings (SSSR count). The van der Waals surface area contributed by atoms with Crippen molar-refractivity contribution in [2.45, 2.75) is 13.3 Å². The lowest BCUT2D eigenvalue weighted by atomic mass is 10.3. The van der Waals surface area contributed by atoms with Crippen molar-refractivity contribution in [3.8, 4) is 0 Å². The first-order valence-electron chi connectivity index (χ1n) is 5.32. The Balaban J connectivity index is 3.75. The normalized spacial score (nSPS) is 9.32. The number of carboxylic acid groups (broad SMARTS) is 1. The topological polar surface area (TPSA) is 142 Å². The van der Waals surface area contributed by atoms with E-state index in [-0.39, 0.29) is 18.7 Å². The average Bonchev–Trinajstić information content (AvgIpc) is 2.30. The molecule has 0 radical (unpaired) electrons. The third-order valence-corrected chi connectivity index (χ3v) is 1.74. The number of ketones is 1. The zero-order valence-corrected chi connectivity index (χ0v) is 10.3. The second-order valence-corrected chi connectivity index (χ2v) is 3.60. The standard InChI is InChI=1S/C10H15N3O6/c1-6(14)2-7(15)11-3-8(16)12-4-9(17)13-5-10(18)19/h2-5H2,1H3,(H,11,15)(H,12,16)(H,13,17)(H,18,19). The van der Waals surface area contributed by atoms with E-state index in [0.717, 1.165) is 0 Å². The molecule has 0 atom stereocenters. The third kappa shape index (κ3) is 10.4. The number of aliphatic carboxylic acids is 1. The zero-order chi connectivity index (χ0) is 14.8. The van der Waals surface area contributed by atoms with Crippen LogP contribution in [0.4, 0.5) is 0 Å². The molecular weight excluding hydrogens is 258 g/mol. The number of amides is 3. The maximum atomic E-state index is 11.2. The summed E-state index contributed by atoms with van der Waals surface area (Å²) >= 11 is 0. The van der Waals surface area contributed by atoms with Crippen molar-refractivity contribution in [1.82, 2.24) is 16.0 Å². The number of Topliss-reactive ketones (excluding diaryl/α,β-unsaturated/α-hetero) is 1. The summed E-state index contributed by atoms with van der Waals surface area (Å²) in [5.41, 5.74) is 0. The maximum Gasteiger partial charge on any atom is 0.322 e. The van der Waals surface area contributed by atoms with Crippen LogP contribution in [-0.4, -0.2) is 54.2 Å². The van der Waals surface area contributed by atoms with E-state index in [1.165, 1.54) is 6.92 Å². The van der Waals surface area contributed by atoms with E-state index < -0.39 is 36.8 Å². The Labute approximate surface area is 108 Å². The Morgan fingerprint density at radius 2 is 1.21 bits per heavy atom. The molecule has 0 saturated carbocycles. The summed E-state index contributed by atoms with van der Waals surface area (Å²) < 4.78 is 0. The van der Waals surface area contributed by atoms with Crippen LogP contribution < -0.4 is 16.0 Å². The molecule has 0 saturated heterocycles. The van der Waals surface area contributed by atoms with Gasteiger partial charge in [0, 0.05) is 0 Å². The predicted molar refractivity (Wildman–Crippen MR) is 62.0 cm³/mol. The van der Waals surface area contributed by atoms with Crippen LogP contribution in [0.15, 0.2) is 0 Å². The highest BCUT2D eigenvalue weighted by molar-refractivity contribution is 5.98. The van der Waals surface area contributed by atoms with Crippen LogP contribution in [-0.2, 0) is 24.0 Å². The SMILES string of the molecule is CC(=O)CC(=O)NCC(=O)NCC(=O)NCC(=O)O. The number of nitrogens with one attached hydrogen (secondary N) is 3. The first-order chi connectivity index (χ1) is 8.81. The minimum absolute atomic E-state index is 0.313. The van der Waals surface area contributed by atoms with Crippen molar-refractivity contribution in [2.24, 2.45) is 0 Å². The van der Waals surface area contributed by atoms with Crippen molar-refractivity contribution in [3.05, 3.63) is 0 Å². The highest BCUT2D eigenvalue weighted by Gasteiger charge is 2.09. The molecule has 0 spiro atoms. The molecule has 0 aliphatic heterocycles. The molecule has 0 fully saturated rings. The number of rotatable bonds is 8. The molecule has 0 unspecified atom stereocenters. The maximum absolute atomic E-state index is 11.2. The third-order valence-electron chi connectivity index (χ3n) is 1.74. The van der Waals surface area contributed by atoms with Gasteiger partial charge in [0.15, 0.2) is 0 Å². The van der Waals surface area contributed by atoms with E-state index in [1.54, 1.807) is 0 Å². The van der Waals surface area contributed by atoms with E-state index in [0.29, 0.717) is 0 Å². The van der Waals surface area contributed by atoms with Gasteiger partial charge in [-0.1, -0.05) is 0 Å². The minimum atomic E-state index is -1.20. The number of hydrogen-bond acceptors (Lipinski definition) is 5. The molecule has 0 aliphatic carbocycles. The van der Waals surface area contributed by atoms with Crippen molar-refractivity contribution >= 4 is 29.5 Å². The first kappa shape index (κ1) is 16.6. The number of carbonyl (C=O) groups is 5. The molecule has 0 aromatic rings. The fourth-order valence-electron chi connectivity index (χ4n) is 0.946. The molecule has 0 aromatic heterocycles. The van der Waals surface area contributed by atoms with Crippen molar-refractivity contribution in [2.75, 3.05) is 19.6 Å². The average molecular weight is 273 g/mol. The molecule has 0 bridgehead atoms. The summed E-state index contributed by atoms with van der Waals surface area (Å²) in [6, 6.07) is 0. The quantitative estimate of drug-likeness (QED) is 0.357. The van der Waals surface area contributed by atoms with Gasteiger partial charge in [0.1, 0.15) is 12.3 Å². The summed E-state index contributed by atoms with van der Waals surface area (Å²) in [4.78, 5) is 53.9. The second kappa shape index (κ2) is 8.61. The van der Waals surface area contributed by atoms with Gasteiger partial charge in [0.05, 0.1) is 19.5 Å². The van der Waals surface area contributed by atoms with Gasteiger partial charge < -0.3 is 21.1 Å². The lowest BCUT2D eigenvalue weighted by Gasteiger charge is -2.06. The largest absolute Gasteiger partial charge is 0.480 e. The fraction of sp³-hybridized carbons (Fsp3) is 0.500. The Bertz CT molecular complexity index is 393. The zero-order valence-electron chi connectivity index (χ0n) is 10.3. The molecule has 3 amide bonds. The van der Waals surface area contributed by atoms with Gasteiger partial charge >= 0.3 is 5.97 Å². The van der Waals surface area contributed by atoms with E-state index >= 15 is 0 Å². The van der Waals surface area contributed by atoms with E-state index in [1.807, 2.05) is 5.32 Å². The summed E-state index contributed by atoms with van der Waals surface area (Å²) in [7, 11) is 0. The molecule has 19 heavy (non-hydrogen) atoms. The van der Waals surface area contributed by atoms with Gasteiger partial charge in [-0.3, -0.25) is 24.0 Å².